The van der Waals surface area contributed by atoms with Crippen LogP contribution in [0, 0.1) is 3.57 Å². The molecule has 0 saturated heterocycles. The van der Waals surface area contributed by atoms with Crippen molar-refractivity contribution in [1.29, 1.82) is 0 Å². The number of halogens is 1. The Balaban J connectivity index is 1.89. The standard InChI is InChI=1S/C18H17IN2O4/c1-24-14-7-3-12(4-8-14)5-10-17(22)20-21-18(23)13-6-9-16(25-2)15(19)11-13/h3-11H,1-2H3,(H,20,22)(H,21,23)/b10-5+. The summed E-state index contributed by atoms with van der Waals surface area (Å²) in [4.78, 5) is 23.8. The minimum absolute atomic E-state index is 0.410. The van der Waals surface area contributed by atoms with Crippen LogP contribution < -0.4 is 20.3 Å². The van der Waals surface area contributed by atoms with Gasteiger partial charge in [0.15, 0.2) is 0 Å². The zero-order valence-electron chi connectivity index (χ0n) is 13.7. The van der Waals surface area contributed by atoms with Gasteiger partial charge in [-0.15, -0.1) is 0 Å². The summed E-state index contributed by atoms with van der Waals surface area (Å²) in [5.74, 6) is 0.575. The fraction of sp³-hybridized carbons (Fsp3) is 0.111. The molecule has 0 atom stereocenters. The van der Waals surface area contributed by atoms with E-state index in [0.717, 1.165) is 14.9 Å². The Bertz CT molecular complexity index is 788. The lowest BCUT2D eigenvalue weighted by Gasteiger charge is -2.08. The minimum atomic E-state index is -0.438. The van der Waals surface area contributed by atoms with E-state index in [1.165, 1.54) is 6.08 Å². The van der Waals surface area contributed by atoms with Crippen LogP contribution in [0.2, 0.25) is 0 Å². The van der Waals surface area contributed by atoms with Crippen molar-refractivity contribution in [2.24, 2.45) is 0 Å². The lowest BCUT2D eigenvalue weighted by molar-refractivity contribution is -0.117. The van der Waals surface area contributed by atoms with E-state index < -0.39 is 11.8 Å². The van der Waals surface area contributed by atoms with Crippen molar-refractivity contribution in [2.45, 2.75) is 0 Å². The van der Waals surface area contributed by atoms with Crippen molar-refractivity contribution in [3.63, 3.8) is 0 Å². The number of nitrogens with one attached hydrogen (secondary N) is 2. The van der Waals surface area contributed by atoms with Crippen molar-refractivity contribution in [3.05, 3.63) is 63.2 Å². The van der Waals surface area contributed by atoms with Gasteiger partial charge in [-0.05, 0) is 64.6 Å². The van der Waals surface area contributed by atoms with Gasteiger partial charge in [0.1, 0.15) is 11.5 Å². The molecule has 25 heavy (non-hydrogen) atoms. The summed E-state index contributed by atoms with van der Waals surface area (Å²) in [6.45, 7) is 0. The zero-order chi connectivity index (χ0) is 18.2. The predicted octanol–water partition coefficient (Wildman–Crippen LogP) is 2.78. The summed E-state index contributed by atoms with van der Waals surface area (Å²) >= 11 is 2.07. The molecular weight excluding hydrogens is 435 g/mol. The average Bonchev–Trinajstić information content (AvgIpc) is 2.64. The first-order chi connectivity index (χ1) is 12.0. The van der Waals surface area contributed by atoms with Crippen LogP contribution >= 0.6 is 22.6 Å². The molecule has 2 aromatic rings. The van der Waals surface area contributed by atoms with Gasteiger partial charge in [-0.3, -0.25) is 20.4 Å². The molecule has 0 aliphatic rings. The first-order valence-electron chi connectivity index (χ1n) is 7.29. The summed E-state index contributed by atoms with van der Waals surface area (Å²) in [6.07, 6.45) is 2.97. The van der Waals surface area contributed by atoms with Gasteiger partial charge in [0.2, 0.25) is 0 Å². The normalized spacial score (nSPS) is 10.4. The highest BCUT2D eigenvalue weighted by molar-refractivity contribution is 14.1. The monoisotopic (exact) mass is 452 g/mol. The molecule has 130 valence electrons. The van der Waals surface area contributed by atoms with Gasteiger partial charge in [-0.2, -0.15) is 0 Å². The minimum Gasteiger partial charge on any atom is -0.497 e. The maximum atomic E-state index is 12.0. The number of carbonyl (C=O) groups is 2. The zero-order valence-corrected chi connectivity index (χ0v) is 15.9. The van der Waals surface area contributed by atoms with E-state index in [2.05, 4.69) is 33.4 Å². The van der Waals surface area contributed by atoms with E-state index in [1.54, 1.807) is 50.6 Å². The van der Waals surface area contributed by atoms with Crippen molar-refractivity contribution in [2.75, 3.05) is 14.2 Å². The van der Waals surface area contributed by atoms with Crippen LogP contribution in [0.3, 0.4) is 0 Å². The number of hydrogen-bond donors (Lipinski definition) is 2. The maximum Gasteiger partial charge on any atom is 0.269 e. The molecular formula is C18H17IN2O4. The van der Waals surface area contributed by atoms with Crippen LogP contribution in [0.25, 0.3) is 6.08 Å². The Kier molecular flexibility index (Phi) is 6.81. The number of benzene rings is 2. The Hall–Kier alpha value is -2.55. The molecule has 0 saturated carbocycles. The highest BCUT2D eigenvalue weighted by Crippen LogP contribution is 2.21. The van der Waals surface area contributed by atoms with Crippen molar-refractivity contribution in [1.82, 2.24) is 10.9 Å². The SMILES string of the molecule is COc1ccc(/C=C/C(=O)NNC(=O)c2ccc(OC)c(I)c2)cc1. The summed E-state index contributed by atoms with van der Waals surface area (Å²) in [5, 5.41) is 0. The maximum absolute atomic E-state index is 12.0. The Labute approximate surface area is 159 Å². The second-order valence-corrected chi connectivity index (χ2v) is 6.06. The molecule has 0 fully saturated rings. The molecule has 0 aromatic heterocycles. The molecule has 0 heterocycles. The van der Waals surface area contributed by atoms with E-state index in [1.807, 2.05) is 12.1 Å². The van der Waals surface area contributed by atoms with Crippen LogP contribution in [0.15, 0.2) is 48.5 Å². The molecule has 0 radical (unpaired) electrons. The van der Waals surface area contributed by atoms with Gasteiger partial charge in [0, 0.05) is 11.6 Å². The van der Waals surface area contributed by atoms with Crippen molar-refractivity contribution in [3.8, 4) is 11.5 Å². The van der Waals surface area contributed by atoms with Crippen LogP contribution in [-0.2, 0) is 4.79 Å². The van der Waals surface area contributed by atoms with Crippen molar-refractivity contribution >= 4 is 40.5 Å². The number of hydrazine groups is 1. The molecule has 0 bridgehead atoms. The Morgan fingerprint density at radius 1 is 1.00 bits per heavy atom. The predicted molar refractivity (Wildman–Crippen MR) is 103 cm³/mol. The third kappa shape index (κ3) is 5.49. The van der Waals surface area contributed by atoms with E-state index >= 15 is 0 Å². The van der Waals surface area contributed by atoms with Gasteiger partial charge in [-0.1, -0.05) is 12.1 Å². The number of rotatable bonds is 5. The van der Waals surface area contributed by atoms with Gasteiger partial charge >= 0.3 is 0 Å². The highest BCUT2D eigenvalue weighted by Gasteiger charge is 2.09. The fourth-order valence-corrected chi connectivity index (χ4v) is 2.66. The molecule has 7 heteroatoms. The molecule has 2 rings (SSSR count). The third-order valence-electron chi connectivity index (χ3n) is 3.26. The topological polar surface area (TPSA) is 76.7 Å². The first-order valence-corrected chi connectivity index (χ1v) is 8.37. The number of ether oxygens (including phenoxy) is 2. The second-order valence-electron chi connectivity index (χ2n) is 4.90. The lowest BCUT2D eigenvalue weighted by Crippen LogP contribution is -2.40. The van der Waals surface area contributed by atoms with Crippen LogP contribution in [0.4, 0.5) is 0 Å². The highest BCUT2D eigenvalue weighted by atomic mass is 127. The van der Waals surface area contributed by atoms with Crippen molar-refractivity contribution < 1.29 is 19.1 Å². The lowest BCUT2D eigenvalue weighted by atomic mass is 10.2. The van der Waals surface area contributed by atoms with E-state index in [-0.39, 0.29) is 0 Å². The summed E-state index contributed by atoms with van der Waals surface area (Å²) < 4.78 is 11.0. The van der Waals surface area contributed by atoms with Gasteiger partial charge in [0.25, 0.3) is 11.8 Å². The molecule has 0 aliphatic heterocycles. The van der Waals surface area contributed by atoms with Crippen LogP contribution in [-0.4, -0.2) is 26.0 Å². The fourth-order valence-electron chi connectivity index (χ4n) is 1.93. The van der Waals surface area contributed by atoms with E-state index in [0.29, 0.717) is 11.3 Å². The van der Waals surface area contributed by atoms with Crippen LogP contribution in [0.1, 0.15) is 15.9 Å². The molecule has 2 N–H and O–H groups in total. The Morgan fingerprint density at radius 3 is 2.32 bits per heavy atom. The van der Waals surface area contributed by atoms with E-state index in [4.69, 9.17) is 9.47 Å². The number of amides is 2. The number of carbonyl (C=O) groups excluding carboxylic acids is 2. The molecule has 0 aliphatic carbocycles. The second kappa shape index (κ2) is 9.07. The van der Waals surface area contributed by atoms with Gasteiger partial charge in [-0.25, -0.2) is 0 Å². The summed E-state index contributed by atoms with van der Waals surface area (Å²) in [6, 6.07) is 12.2. The quantitative estimate of drug-likeness (QED) is 0.416. The first kappa shape index (κ1) is 18.8. The number of hydrogen-bond acceptors (Lipinski definition) is 4. The van der Waals surface area contributed by atoms with E-state index in [9.17, 15) is 9.59 Å². The van der Waals surface area contributed by atoms with Gasteiger partial charge in [0.05, 0.1) is 17.8 Å². The Morgan fingerprint density at radius 2 is 1.72 bits per heavy atom. The molecule has 2 aromatic carbocycles. The summed E-state index contributed by atoms with van der Waals surface area (Å²) in [5.41, 5.74) is 5.96. The molecule has 0 unspecified atom stereocenters. The largest absolute Gasteiger partial charge is 0.497 e. The van der Waals surface area contributed by atoms with Crippen LogP contribution in [0.5, 0.6) is 11.5 Å². The molecule has 2 amide bonds. The molecule has 0 spiro atoms. The molecule has 6 nitrogen and oxygen atoms in total. The third-order valence-corrected chi connectivity index (χ3v) is 4.10. The van der Waals surface area contributed by atoms with Gasteiger partial charge < -0.3 is 9.47 Å². The summed E-state index contributed by atoms with van der Waals surface area (Å²) in [7, 11) is 3.15. The smallest absolute Gasteiger partial charge is 0.269 e. The number of methoxy groups -OCH3 is 2. The average molecular weight is 452 g/mol.